The molecule has 0 saturated carbocycles. The van der Waals surface area contributed by atoms with Crippen molar-refractivity contribution in [2.24, 2.45) is 0 Å². The van der Waals surface area contributed by atoms with Gasteiger partial charge in [-0.05, 0) is 37.1 Å². The predicted octanol–water partition coefficient (Wildman–Crippen LogP) is 1.23. The van der Waals surface area contributed by atoms with Crippen molar-refractivity contribution in [1.29, 1.82) is 0 Å². The Bertz CT molecular complexity index is 650. The van der Waals surface area contributed by atoms with Crippen LogP contribution in [0.1, 0.15) is 21.5 Å². The van der Waals surface area contributed by atoms with E-state index in [1.54, 1.807) is 19.9 Å². The number of carbonyl (C=O) groups is 2. The number of hydrogen-bond donors (Lipinski definition) is 2. The molecule has 1 amide bonds. The maximum atomic E-state index is 11.8. The van der Waals surface area contributed by atoms with E-state index in [1.807, 2.05) is 0 Å². The van der Waals surface area contributed by atoms with Gasteiger partial charge in [-0.15, -0.1) is 0 Å². The van der Waals surface area contributed by atoms with Crippen LogP contribution in [-0.2, 0) is 11.3 Å². The SMILES string of the molecule is Cc1cc(NC(=O)Cn2cncn2)cc(C(=O)O)c1C. The van der Waals surface area contributed by atoms with Gasteiger partial charge >= 0.3 is 5.97 Å². The van der Waals surface area contributed by atoms with Gasteiger partial charge < -0.3 is 10.4 Å². The van der Waals surface area contributed by atoms with Crippen LogP contribution in [0, 0.1) is 13.8 Å². The molecule has 0 aliphatic rings. The number of aromatic nitrogens is 3. The highest BCUT2D eigenvalue weighted by Gasteiger charge is 2.12. The summed E-state index contributed by atoms with van der Waals surface area (Å²) in [4.78, 5) is 26.7. The number of nitrogens with zero attached hydrogens (tertiary/aromatic N) is 3. The molecule has 2 rings (SSSR count). The molecule has 0 aliphatic carbocycles. The summed E-state index contributed by atoms with van der Waals surface area (Å²) in [7, 11) is 0. The van der Waals surface area contributed by atoms with Crippen molar-refractivity contribution in [3.05, 3.63) is 41.5 Å². The Morgan fingerprint density at radius 3 is 2.70 bits per heavy atom. The fraction of sp³-hybridized carbons (Fsp3) is 0.231. The van der Waals surface area contributed by atoms with E-state index in [2.05, 4.69) is 15.4 Å². The van der Waals surface area contributed by atoms with Gasteiger partial charge in [-0.25, -0.2) is 14.5 Å². The van der Waals surface area contributed by atoms with Crippen LogP contribution in [0.4, 0.5) is 5.69 Å². The second-order valence-electron chi connectivity index (χ2n) is 4.41. The molecule has 0 unspecified atom stereocenters. The van der Waals surface area contributed by atoms with Gasteiger partial charge in [-0.3, -0.25) is 4.79 Å². The zero-order chi connectivity index (χ0) is 14.7. The maximum absolute atomic E-state index is 11.8. The van der Waals surface area contributed by atoms with Gasteiger partial charge in [0, 0.05) is 5.69 Å². The van der Waals surface area contributed by atoms with E-state index < -0.39 is 5.97 Å². The molecule has 104 valence electrons. The van der Waals surface area contributed by atoms with E-state index in [1.165, 1.54) is 23.4 Å². The molecule has 20 heavy (non-hydrogen) atoms. The fourth-order valence-electron chi connectivity index (χ4n) is 1.82. The number of anilines is 1. The summed E-state index contributed by atoms with van der Waals surface area (Å²) in [6.45, 7) is 3.56. The Balaban J connectivity index is 2.17. The summed E-state index contributed by atoms with van der Waals surface area (Å²) in [6, 6.07) is 3.19. The highest BCUT2D eigenvalue weighted by molar-refractivity contribution is 5.95. The number of carboxylic acid groups (broad SMARTS) is 1. The fourth-order valence-corrected chi connectivity index (χ4v) is 1.82. The topological polar surface area (TPSA) is 97.1 Å². The third-order valence-electron chi connectivity index (χ3n) is 2.95. The first-order valence-corrected chi connectivity index (χ1v) is 5.94. The zero-order valence-corrected chi connectivity index (χ0v) is 11.1. The van der Waals surface area contributed by atoms with E-state index in [4.69, 9.17) is 5.11 Å². The summed E-state index contributed by atoms with van der Waals surface area (Å²) in [5.41, 5.74) is 2.13. The first kappa shape index (κ1) is 13.7. The number of amides is 1. The molecular weight excluding hydrogens is 260 g/mol. The number of carbonyl (C=O) groups excluding carboxylic acids is 1. The number of aromatic carboxylic acids is 1. The molecule has 0 spiro atoms. The van der Waals surface area contributed by atoms with Crippen molar-refractivity contribution in [1.82, 2.24) is 14.8 Å². The highest BCUT2D eigenvalue weighted by Crippen LogP contribution is 2.20. The maximum Gasteiger partial charge on any atom is 0.336 e. The molecule has 1 aromatic carbocycles. The van der Waals surface area contributed by atoms with Gasteiger partial charge in [0.05, 0.1) is 5.56 Å². The van der Waals surface area contributed by atoms with Crippen LogP contribution in [0.5, 0.6) is 0 Å². The van der Waals surface area contributed by atoms with E-state index in [0.717, 1.165) is 5.56 Å². The molecule has 2 N–H and O–H groups in total. The van der Waals surface area contributed by atoms with Gasteiger partial charge in [-0.1, -0.05) is 0 Å². The van der Waals surface area contributed by atoms with Crippen LogP contribution in [0.3, 0.4) is 0 Å². The van der Waals surface area contributed by atoms with Gasteiger partial charge in [0.2, 0.25) is 5.91 Å². The normalized spacial score (nSPS) is 10.3. The Kier molecular flexibility index (Phi) is 3.79. The van der Waals surface area contributed by atoms with Gasteiger partial charge in [-0.2, -0.15) is 5.10 Å². The first-order chi connectivity index (χ1) is 9.47. The van der Waals surface area contributed by atoms with Crippen LogP contribution < -0.4 is 5.32 Å². The van der Waals surface area contributed by atoms with Gasteiger partial charge in [0.1, 0.15) is 19.2 Å². The van der Waals surface area contributed by atoms with Crippen molar-refractivity contribution < 1.29 is 14.7 Å². The van der Waals surface area contributed by atoms with Crippen molar-refractivity contribution in [2.45, 2.75) is 20.4 Å². The molecule has 2 aromatic rings. The third-order valence-corrected chi connectivity index (χ3v) is 2.95. The van der Waals surface area contributed by atoms with Crippen LogP contribution in [0.2, 0.25) is 0 Å². The quantitative estimate of drug-likeness (QED) is 0.874. The average Bonchev–Trinajstić information content (AvgIpc) is 2.85. The Hall–Kier alpha value is -2.70. The van der Waals surface area contributed by atoms with Crippen LogP contribution >= 0.6 is 0 Å². The second-order valence-corrected chi connectivity index (χ2v) is 4.41. The lowest BCUT2D eigenvalue weighted by Crippen LogP contribution is -2.19. The monoisotopic (exact) mass is 274 g/mol. The van der Waals surface area contributed by atoms with Gasteiger partial charge in [0.25, 0.3) is 0 Å². The molecule has 0 aliphatic heterocycles. The van der Waals surface area contributed by atoms with Crippen molar-refractivity contribution >= 4 is 17.6 Å². The summed E-state index contributed by atoms with van der Waals surface area (Å²) in [6.07, 6.45) is 2.77. The van der Waals surface area contributed by atoms with Gasteiger partial charge in [0.15, 0.2) is 0 Å². The number of rotatable bonds is 4. The van der Waals surface area contributed by atoms with E-state index in [-0.39, 0.29) is 18.0 Å². The molecule has 7 heteroatoms. The molecular formula is C13H14N4O3. The smallest absolute Gasteiger partial charge is 0.336 e. The van der Waals surface area contributed by atoms with E-state index >= 15 is 0 Å². The van der Waals surface area contributed by atoms with E-state index in [9.17, 15) is 9.59 Å². The van der Waals surface area contributed by atoms with Crippen molar-refractivity contribution in [2.75, 3.05) is 5.32 Å². The average molecular weight is 274 g/mol. The Morgan fingerprint density at radius 2 is 2.10 bits per heavy atom. The molecule has 1 aromatic heterocycles. The molecule has 0 atom stereocenters. The molecule has 0 radical (unpaired) electrons. The first-order valence-electron chi connectivity index (χ1n) is 5.94. The molecule has 0 saturated heterocycles. The number of benzene rings is 1. The van der Waals surface area contributed by atoms with Crippen molar-refractivity contribution in [3.8, 4) is 0 Å². The Labute approximate surface area is 115 Å². The number of carboxylic acids is 1. The summed E-state index contributed by atoms with van der Waals surface area (Å²) < 4.78 is 1.38. The minimum absolute atomic E-state index is 0.0231. The van der Waals surface area contributed by atoms with Crippen LogP contribution in [0.15, 0.2) is 24.8 Å². The second kappa shape index (κ2) is 5.52. The lowest BCUT2D eigenvalue weighted by atomic mass is 10.0. The van der Waals surface area contributed by atoms with E-state index in [0.29, 0.717) is 11.3 Å². The minimum atomic E-state index is -1.02. The summed E-state index contributed by atoms with van der Waals surface area (Å²) in [5.74, 6) is -1.31. The standard InChI is InChI=1S/C13H14N4O3/c1-8-3-10(4-11(9(8)2)13(19)20)16-12(18)5-17-7-14-6-15-17/h3-4,6-7H,5H2,1-2H3,(H,16,18)(H,19,20). The summed E-state index contributed by atoms with van der Waals surface area (Å²) in [5, 5.41) is 15.6. The third kappa shape index (κ3) is 3.00. The lowest BCUT2D eigenvalue weighted by molar-refractivity contribution is -0.116. The molecule has 1 heterocycles. The van der Waals surface area contributed by atoms with Crippen LogP contribution in [0.25, 0.3) is 0 Å². The number of aryl methyl sites for hydroxylation is 1. The number of hydrogen-bond acceptors (Lipinski definition) is 4. The highest BCUT2D eigenvalue weighted by atomic mass is 16.4. The molecule has 7 nitrogen and oxygen atoms in total. The number of nitrogens with one attached hydrogen (secondary N) is 1. The molecule has 0 bridgehead atoms. The lowest BCUT2D eigenvalue weighted by Gasteiger charge is -2.10. The zero-order valence-electron chi connectivity index (χ0n) is 11.1. The summed E-state index contributed by atoms with van der Waals surface area (Å²) >= 11 is 0. The minimum Gasteiger partial charge on any atom is -0.478 e. The molecule has 0 fully saturated rings. The Morgan fingerprint density at radius 1 is 1.35 bits per heavy atom. The predicted molar refractivity (Wildman–Crippen MR) is 71.5 cm³/mol. The van der Waals surface area contributed by atoms with Crippen molar-refractivity contribution in [3.63, 3.8) is 0 Å². The largest absolute Gasteiger partial charge is 0.478 e. The van der Waals surface area contributed by atoms with Crippen LogP contribution in [-0.4, -0.2) is 31.7 Å².